The summed E-state index contributed by atoms with van der Waals surface area (Å²) in [6, 6.07) is 17.4. The zero-order valence-corrected chi connectivity index (χ0v) is 12.2. The third-order valence-electron chi connectivity index (χ3n) is 3.11. The molecule has 0 aliphatic heterocycles. The number of esters is 1. The van der Waals surface area contributed by atoms with Gasteiger partial charge in [-0.3, -0.25) is 0 Å². The van der Waals surface area contributed by atoms with Crippen LogP contribution in [-0.4, -0.2) is 13.1 Å². The Kier molecular flexibility index (Phi) is 5.16. The molecule has 0 bridgehead atoms. The van der Waals surface area contributed by atoms with Gasteiger partial charge in [0.05, 0.1) is 12.7 Å². The van der Waals surface area contributed by atoms with Crippen LogP contribution in [0.5, 0.6) is 5.75 Å². The number of para-hydroxylation sites is 1. The first-order valence-electron chi connectivity index (χ1n) is 6.77. The summed E-state index contributed by atoms with van der Waals surface area (Å²) in [5, 5.41) is 0. The van der Waals surface area contributed by atoms with Gasteiger partial charge in [-0.05, 0) is 18.6 Å². The smallest absolute Gasteiger partial charge is 0.338 e. The molecule has 0 aliphatic carbocycles. The van der Waals surface area contributed by atoms with Crippen molar-refractivity contribution in [2.24, 2.45) is 0 Å². The Morgan fingerprint density at radius 2 is 1.71 bits per heavy atom. The Hall–Kier alpha value is -2.55. The third-order valence-corrected chi connectivity index (χ3v) is 3.11. The topological polar surface area (TPSA) is 35.5 Å². The lowest BCUT2D eigenvalue weighted by atomic mass is 10.0. The van der Waals surface area contributed by atoms with Crippen molar-refractivity contribution < 1.29 is 14.3 Å². The maximum Gasteiger partial charge on any atom is 0.338 e. The third kappa shape index (κ3) is 3.72. The Labute approximate surface area is 124 Å². The summed E-state index contributed by atoms with van der Waals surface area (Å²) >= 11 is 0. The van der Waals surface area contributed by atoms with Crippen LogP contribution >= 0.6 is 0 Å². The number of hydrogen-bond acceptors (Lipinski definition) is 3. The van der Waals surface area contributed by atoms with E-state index in [1.807, 2.05) is 54.6 Å². The van der Waals surface area contributed by atoms with Crippen molar-refractivity contribution in [2.75, 3.05) is 7.11 Å². The molecule has 0 fully saturated rings. The SMILES string of the molecule is CC=C(C(=O)OC)c1ccccc1OCc1ccccc1. The summed E-state index contributed by atoms with van der Waals surface area (Å²) in [6.07, 6.45) is 1.73. The standard InChI is InChI=1S/C18H18O3/c1-3-15(18(19)20-2)16-11-7-8-12-17(16)21-13-14-9-5-4-6-10-14/h3-12H,13H2,1-2H3. The van der Waals surface area contributed by atoms with E-state index in [4.69, 9.17) is 9.47 Å². The number of carbonyl (C=O) groups excluding carboxylic acids is 1. The molecule has 0 heterocycles. The van der Waals surface area contributed by atoms with E-state index >= 15 is 0 Å². The van der Waals surface area contributed by atoms with E-state index < -0.39 is 0 Å². The van der Waals surface area contributed by atoms with Gasteiger partial charge in [0, 0.05) is 5.56 Å². The first kappa shape index (κ1) is 14.9. The van der Waals surface area contributed by atoms with Crippen LogP contribution in [0.25, 0.3) is 5.57 Å². The Balaban J connectivity index is 2.23. The maximum atomic E-state index is 11.8. The molecule has 3 heteroatoms. The van der Waals surface area contributed by atoms with Crippen LogP contribution in [0.3, 0.4) is 0 Å². The van der Waals surface area contributed by atoms with Crippen molar-refractivity contribution in [3.05, 3.63) is 71.8 Å². The molecule has 21 heavy (non-hydrogen) atoms. The van der Waals surface area contributed by atoms with Crippen molar-refractivity contribution >= 4 is 11.5 Å². The Bertz CT molecular complexity index is 630. The molecule has 0 aromatic heterocycles. The summed E-state index contributed by atoms with van der Waals surface area (Å²) in [4.78, 5) is 11.8. The molecule has 0 atom stereocenters. The maximum absolute atomic E-state index is 11.8. The zero-order valence-electron chi connectivity index (χ0n) is 12.2. The molecule has 2 aromatic carbocycles. The monoisotopic (exact) mass is 282 g/mol. The van der Waals surface area contributed by atoms with Gasteiger partial charge in [-0.2, -0.15) is 0 Å². The lowest BCUT2D eigenvalue weighted by molar-refractivity contribution is -0.133. The fourth-order valence-corrected chi connectivity index (χ4v) is 2.04. The second-order valence-electron chi connectivity index (χ2n) is 4.46. The summed E-state index contributed by atoms with van der Waals surface area (Å²) in [5.41, 5.74) is 2.32. The van der Waals surface area contributed by atoms with Gasteiger partial charge in [-0.15, -0.1) is 0 Å². The van der Waals surface area contributed by atoms with Crippen molar-refractivity contribution in [1.29, 1.82) is 0 Å². The average Bonchev–Trinajstić information content (AvgIpc) is 2.55. The number of carbonyl (C=O) groups is 1. The Morgan fingerprint density at radius 3 is 2.38 bits per heavy atom. The molecular weight excluding hydrogens is 264 g/mol. The van der Waals surface area contributed by atoms with Crippen molar-refractivity contribution in [3.63, 3.8) is 0 Å². The second-order valence-corrected chi connectivity index (χ2v) is 4.46. The predicted molar refractivity (Wildman–Crippen MR) is 82.9 cm³/mol. The van der Waals surface area contributed by atoms with Crippen LogP contribution in [0.4, 0.5) is 0 Å². The molecule has 2 rings (SSSR count). The molecule has 0 spiro atoms. The van der Waals surface area contributed by atoms with E-state index in [1.165, 1.54) is 7.11 Å². The van der Waals surface area contributed by atoms with Gasteiger partial charge in [-0.25, -0.2) is 4.79 Å². The van der Waals surface area contributed by atoms with E-state index in [0.717, 1.165) is 11.1 Å². The van der Waals surface area contributed by atoms with E-state index in [9.17, 15) is 4.79 Å². The summed E-state index contributed by atoms with van der Waals surface area (Å²) in [7, 11) is 1.37. The van der Waals surface area contributed by atoms with Gasteiger partial charge < -0.3 is 9.47 Å². The van der Waals surface area contributed by atoms with Gasteiger partial charge in [0.2, 0.25) is 0 Å². The van der Waals surface area contributed by atoms with Gasteiger partial charge >= 0.3 is 5.97 Å². The molecular formula is C18H18O3. The molecule has 3 nitrogen and oxygen atoms in total. The first-order valence-corrected chi connectivity index (χ1v) is 6.77. The molecule has 2 aromatic rings. The van der Waals surface area contributed by atoms with E-state index in [2.05, 4.69) is 0 Å². The van der Waals surface area contributed by atoms with Crippen LogP contribution in [-0.2, 0) is 16.1 Å². The van der Waals surface area contributed by atoms with Crippen molar-refractivity contribution in [2.45, 2.75) is 13.5 Å². The van der Waals surface area contributed by atoms with Gasteiger partial charge in [0.15, 0.2) is 0 Å². The largest absolute Gasteiger partial charge is 0.488 e. The number of methoxy groups -OCH3 is 1. The normalized spacial score (nSPS) is 11.0. The van der Waals surface area contributed by atoms with E-state index in [1.54, 1.807) is 13.0 Å². The fraction of sp³-hybridized carbons (Fsp3) is 0.167. The van der Waals surface area contributed by atoms with Crippen LogP contribution in [0.15, 0.2) is 60.7 Å². The lowest BCUT2D eigenvalue weighted by Gasteiger charge is -2.13. The summed E-state index contributed by atoms with van der Waals surface area (Å²) in [6.45, 7) is 2.26. The highest BCUT2D eigenvalue weighted by Crippen LogP contribution is 2.27. The molecule has 0 radical (unpaired) electrons. The minimum Gasteiger partial charge on any atom is -0.488 e. The number of ether oxygens (including phenoxy) is 2. The Morgan fingerprint density at radius 1 is 1.05 bits per heavy atom. The van der Waals surface area contributed by atoms with Crippen LogP contribution < -0.4 is 4.74 Å². The number of rotatable bonds is 5. The van der Waals surface area contributed by atoms with Crippen LogP contribution in [0, 0.1) is 0 Å². The fourth-order valence-electron chi connectivity index (χ4n) is 2.04. The van der Waals surface area contributed by atoms with E-state index in [0.29, 0.717) is 17.9 Å². The number of benzene rings is 2. The highest BCUT2D eigenvalue weighted by molar-refractivity contribution is 6.17. The minimum atomic E-state index is -0.367. The highest BCUT2D eigenvalue weighted by atomic mass is 16.5. The molecule has 0 saturated heterocycles. The molecule has 0 unspecified atom stereocenters. The zero-order chi connectivity index (χ0) is 15.1. The molecule has 0 aliphatic rings. The van der Waals surface area contributed by atoms with Crippen molar-refractivity contribution in [3.8, 4) is 5.75 Å². The first-order chi connectivity index (χ1) is 10.3. The van der Waals surface area contributed by atoms with E-state index in [-0.39, 0.29) is 5.97 Å². The van der Waals surface area contributed by atoms with Gasteiger partial charge in [0.1, 0.15) is 12.4 Å². The van der Waals surface area contributed by atoms with Crippen LogP contribution in [0.1, 0.15) is 18.1 Å². The number of allylic oxidation sites excluding steroid dienone is 1. The highest BCUT2D eigenvalue weighted by Gasteiger charge is 2.15. The molecule has 0 amide bonds. The number of hydrogen-bond donors (Lipinski definition) is 0. The molecule has 0 saturated carbocycles. The minimum absolute atomic E-state index is 0.367. The molecule has 108 valence electrons. The summed E-state index contributed by atoms with van der Waals surface area (Å²) < 4.78 is 10.7. The average molecular weight is 282 g/mol. The quantitative estimate of drug-likeness (QED) is 0.617. The summed E-state index contributed by atoms with van der Waals surface area (Å²) in [5.74, 6) is 0.299. The van der Waals surface area contributed by atoms with Gasteiger partial charge in [-0.1, -0.05) is 54.6 Å². The second kappa shape index (κ2) is 7.29. The lowest BCUT2D eigenvalue weighted by Crippen LogP contribution is -2.06. The predicted octanol–water partition coefficient (Wildman–Crippen LogP) is 3.84. The van der Waals surface area contributed by atoms with Gasteiger partial charge in [0.25, 0.3) is 0 Å². The molecule has 0 N–H and O–H groups in total. The van der Waals surface area contributed by atoms with Crippen molar-refractivity contribution in [1.82, 2.24) is 0 Å². The van der Waals surface area contributed by atoms with Crippen LogP contribution in [0.2, 0.25) is 0 Å².